The van der Waals surface area contributed by atoms with Crippen LogP contribution in [0.5, 0.6) is 17.2 Å². The molecule has 0 radical (unpaired) electrons. The number of methoxy groups -OCH3 is 1. The van der Waals surface area contributed by atoms with Gasteiger partial charge in [0.25, 0.3) is 0 Å². The average Bonchev–Trinajstić information content (AvgIpc) is 2.61. The van der Waals surface area contributed by atoms with Crippen molar-refractivity contribution in [3.05, 3.63) is 47.0 Å². The van der Waals surface area contributed by atoms with E-state index in [4.69, 9.17) is 25.8 Å². The summed E-state index contributed by atoms with van der Waals surface area (Å²) in [7, 11) is 1.53. The summed E-state index contributed by atoms with van der Waals surface area (Å²) in [6, 6.07) is 10.3. The van der Waals surface area contributed by atoms with Crippen LogP contribution in [0.3, 0.4) is 0 Å². The molecule has 7 heteroatoms. The number of carbonyl (C=O) groups is 1. The first-order valence-corrected chi connectivity index (χ1v) is 8.60. The van der Waals surface area contributed by atoms with E-state index in [1.54, 1.807) is 18.2 Å². The third-order valence-corrected chi connectivity index (χ3v) is 4.33. The topological polar surface area (TPSA) is 68.8 Å². The lowest BCUT2D eigenvalue weighted by atomic mass is 9.94. The zero-order valence-electron chi connectivity index (χ0n) is 14.9. The van der Waals surface area contributed by atoms with Crippen molar-refractivity contribution in [2.24, 2.45) is 0 Å². The molecule has 0 saturated carbocycles. The maximum Gasteiger partial charge on any atom is 0.320 e. The van der Waals surface area contributed by atoms with Crippen molar-refractivity contribution in [3.63, 3.8) is 0 Å². The molecule has 1 aliphatic rings. The molecule has 138 valence electrons. The van der Waals surface area contributed by atoms with Crippen LogP contribution in [0.25, 0.3) is 0 Å². The van der Waals surface area contributed by atoms with Crippen LogP contribution in [0.1, 0.15) is 19.4 Å². The first kappa shape index (κ1) is 18.2. The van der Waals surface area contributed by atoms with Gasteiger partial charge in [0, 0.05) is 5.02 Å². The number of rotatable bonds is 4. The highest BCUT2D eigenvalue weighted by Crippen LogP contribution is 2.34. The van der Waals surface area contributed by atoms with E-state index in [-0.39, 0.29) is 6.03 Å². The van der Waals surface area contributed by atoms with Crippen LogP contribution >= 0.6 is 11.6 Å². The normalized spacial score (nSPS) is 13.1. The first-order chi connectivity index (χ1) is 12.4. The summed E-state index contributed by atoms with van der Waals surface area (Å²) in [6.07, 6.45) is 0. The summed E-state index contributed by atoms with van der Waals surface area (Å²) < 4.78 is 16.4. The summed E-state index contributed by atoms with van der Waals surface area (Å²) in [5.41, 5.74) is 0.761. The average molecular weight is 377 g/mol. The minimum atomic E-state index is -0.633. The summed E-state index contributed by atoms with van der Waals surface area (Å²) >= 11 is 6.00. The maximum absolute atomic E-state index is 12.5. The number of halogens is 1. The molecule has 26 heavy (non-hydrogen) atoms. The maximum atomic E-state index is 12.5. The Balaban J connectivity index is 1.75. The van der Waals surface area contributed by atoms with Crippen LogP contribution in [-0.2, 0) is 5.54 Å². The fraction of sp³-hybridized carbons (Fsp3) is 0.316. The first-order valence-electron chi connectivity index (χ1n) is 8.22. The van der Waals surface area contributed by atoms with Gasteiger partial charge in [-0.15, -0.1) is 0 Å². The van der Waals surface area contributed by atoms with E-state index in [1.807, 2.05) is 32.0 Å². The van der Waals surface area contributed by atoms with Crippen molar-refractivity contribution in [1.29, 1.82) is 0 Å². The van der Waals surface area contributed by atoms with Gasteiger partial charge in [-0.05, 0) is 49.7 Å². The third kappa shape index (κ3) is 3.96. The zero-order valence-corrected chi connectivity index (χ0v) is 15.6. The third-order valence-electron chi connectivity index (χ3n) is 4.10. The molecule has 0 aromatic heterocycles. The van der Waals surface area contributed by atoms with Crippen molar-refractivity contribution in [1.82, 2.24) is 5.32 Å². The lowest BCUT2D eigenvalue weighted by Gasteiger charge is -2.29. The molecule has 0 aliphatic carbocycles. The van der Waals surface area contributed by atoms with Crippen LogP contribution in [0.15, 0.2) is 36.4 Å². The standard InChI is InChI=1S/C19H21ClN2O4/c1-19(2,12-4-6-16-17(10-12)26-9-8-25-16)22-18(23)21-14-11-13(20)5-7-15(14)24-3/h4-7,10-11H,8-9H2,1-3H3,(H2,21,22,23). The SMILES string of the molecule is COc1ccc(Cl)cc1NC(=O)NC(C)(C)c1ccc2c(c1)OCCO2. The summed E-state index contributed by atoms with van der Waals surface area (Å²) in [6.45, 7) is 4.87. The summed E-state index contributed by atoms with van der Waals surface area (Å²) in [4.78, 5) is 12.5. The molecule has 0 fully saturated rings. The Labute approximate surface area is 157 Å². The molecule has 0 spiro atoms. The number of carbonyl (C=O) groups excluding carboxylic acids is 1. The number of fused-ring (bicyclic) bond motifs is 1. The lowest BCUT2D eigenvalue weighted by Crippen LogP contribution is -2.43. The van der Waals surface area contributed by atoms with Crippen molar-refractivity contribution >= 4 is 23.3 Å². The Morgan fingerprint density at radius 2 is 1.85 bits per heavy atom. The van der Waals surface area contributed by atoms with Crippen molar-refractivity contribution in [2.45, 2.75) is 19.4 Å². The van der Waals surface area contributed by atoms with E-state index in [1.165, 1.54) is 7.11 Å². The van der Waals surface area contributed by atoms with Crippen molar-refractivity contribution < 1.29 is 19.0 Å². The number of ether oxygens (including phenoxy) is 3. The van der Waals surface area contributed by atoms with Gasteiger partial charge in [-0.1, -0.05) is 17.7 Å². The predicted octanol–water partition coefficient (Wildman–Crippen LogP) is 4.18. The minimum absolute atomic E-state index is 0.370. The van der Waals surface area contributed by atoms with Crippen molar-refractivity contribution in [3.8, 4) is 17.2 Å². The van der Waals surface area contributed by atoms with Crippen LogP contribution in [0.2, 0.25) is 5.02 Å². The van der Waals surface area contributed by atoms with Gasteiger partial charge in [-0.25, -0.2) is 4.79 Å². The van der Waals surface area contributed by atoms with E-state index >= 15 is 0 Å². The molecule has 1 aliphatic heterocycles. The molecule has 1 heterocycles. The molecule has 0 atom stereocenters. The van der Waals surface area contributed by atoms with Gasteiger partial charge in [0.05, 0.1) is 18.3 Å². The minimum Gasteiger partial charge on any atom is -0.495 e. The number of amides is 2. The van der Waals surface area contributed by atoms with Gasteiger partial charge in [0.1, 0.15) is 19.0 Å². The highest BCUT2D eigenvalue weighted by molar-refractivity contribution is 6.31. The molecule has 2 amide bonds. The van der Waals surface area contributed by atoms with E-state index in [2.05, 4.69) is 10.6 Å². The Kier molecular flexibility index (Phi) is 5.13. The van der Waals surface area contributed by atoms with Crippen molar-refractivity contribution in [2.75, 3.05) is 25.6 Å². The lowest BCUT2D eigenvalue weighted by molar-refractivity contribution is 0.171. The summed E-state index contributed by atoms with van der Waals surface area (Å²) in [5.74, 6) is 1.92. The van der Waals surface area contributed by atoms with Gasteiger partial charge < -0.3 is 24.8 Å². The quantitative estimate of drug-likeness (QED) is 0.840. The number of benzene rings is 2. The summed E-state index contributed by atoms with van der Waals surface area (Å²) in [5, 5.41) is 6.24. The molecule has 0 unspecified atom stereocenters. The number of hydrogen-bond donors (Lipinski definition) is 2. The molecular formula is C19H21ClN2O4. The van der Waals surface area contributed by atoms with Gasteiger partial charge in [0.2, 0.25) is 0 Å². The van der Waals surface area contributed by atoms with Crippen LogP contribution in [0, 0.1) is 0 Å². The van der Waals surface area contributed by atoms with Gasteiger partial charge in [-0.3, -0.25) is 0 Å². The predicted molar refractivity (Wildman–Crippen MR) is 101 cm³/mol. The Hall–Kier alpha value is -2.60. The second-order valence-electron chi connectivity index (χ2n) is 6.41. The van der Waals surface area contributed by atoms with Gasteiger partial charge in [-0.2, -0.15) is 0 Å². The molecule has 2 aromatic rings. The van der Waals surface area contributed by atoms with E-state index < -0.39 is 5.54 Å². The monoisotopic (exact) mass is 376 g/mol. The fourth-order valence-electron chi connectivity index (χ4n) is 2.72. The Bertz CT molecular complexity index is 823. The molecule has 0 bridgehead atoms. The van der Waals surface area contributed by atoms with E-state index in [0.29, 0.717) is 41.2 Å². The molecule has 2 N–H and O–H groups in total. The Morgan fingerprint density at radius 3 is 2.58 bits per heavy atom. The number of anilines is 1. The van der Waals surface area contributed by atoms with E-state index in [9.17, 15) is 4.79 Å². The molecule has 6 nitrogen and oxygen atoms in total. The fourth-order valence-corrected chi connectivity index (χ4v) is 2.89. The van der Waals surface area contributed by atoms with E-state index in [0.717, 1.165) is 5.56 Å². The second kappa shape index (κ2) is 7.33. The van der Waals surface area contributed by atoms with Crippen LogP contribution in [0.4, 0.5) is 10.5 Å². The highest BCUT2D eigenvalue weighted by atomic mass is 35.5. The molecule has 2 aromatic carbocycles. The second-order valence-corrected chi connectivity index (χ2v) is 6.84. The smallest absolute Gasteiger partial charge is 0.320 e. The molecule has 0 saturated heterocycles. The highest BCUT2D eigenvalue weighted by Gasteiger charge is 2.25. The molecular weight excluding hydrogens is 356 g/mol. The van der Waals surface area contributed by atoms with Gasteiger partial charge >= 0.3 is 6.03 Å². The largest absolute Gasteiger partial charge is 0.495 e. The van der Waals surface area contributed by atoms with Gasteiger partial charge in [0.15, 0.2) is 11.5 Å². The number of nitrogens with one attached hydrogen (secondary N) is 2. The number of hydrogen-bond acceptors (Lipinski definition) is 4. The Morgan fingerprint density at radius 1 is 1.12 bits per heavy atom. The van der Waals surface area contributed by atoms with Crippen LogP contribution in [-0.4, -0.2) is 26.4 Å². The zero-order chi connectivity index (χ0) is 18.7. The van der Waals surface area contributed by atoms with Crippen LogP contribution < -0.4 is 24.8 Å². The number of urea groups is 1. The molecule has 3 rings (SSSR count).